The van der Waals surface area contributed by atoms with Gasteiger partial charge in [0.2, 0.25) is 0 Å². The minimum atomic E-state index is 0.282. The summed E-state index contributed by atoms with van der Waals surface area (Å²) in [6.07, 6.45) is 8.77. The first-order valence-corrected chi connectivity index (χ1v) is 5.17. The van der Waals surface area contributed by atoms with Gasteiger partial charge >= 0.3 is 0 Å². The molecule has 0 fully saturated rings. The molecular formula is C12H17N3. The number of aromatic nitrogens is 2. The maximum atomic E-state index is 5.30. The Labute approximate surface area is 91.3 Å². The average molecular weight is 203 g/mol. The van der Waals surface area contributed by atoms with Crippen LogP contribution in [0, 0.1) is 26.2 Å². The fourth-order valence-electron chi connectivity index (χ4n) is 1.31. The molecule has 1 N–H and O–H groups in total. The molecule has 0 aliphatic carbocycles. The van der Waals surface area contributed by atoms with Crippen LogP contribution in [0.2, 0.25) is 0 Å². The van der Waals surface area contributed by atoms with E-state index < -0.39 is 0 Å². The summed E-state index contributed by atoms with van der Waals surface area (Å²) in [5.74, 6) is 3.51. The zero-order valence-corrected chi connectivity index (χ0v) is 9.54. The van der Waals surface area contributed by atoms with Crippen molar-refractivity contribution in [3.05, 3.63) is 17.6 Å². The van der Waals surface area contributed by atoms with Crippen LogP contribution in [0.4, 0.5) is 5.82 Å². The third-order valence-corrected chi connectivity index (χ3v) is 2.27. The normalized spacial score (nSPS) is 11.9. The van der Waals surface area contributed by atoms with Gasteiger partial charge in [-0.25, -0.2) is 4.98 Å². The summed E-state index contributed by atoms with van der Waals surface area (Å²) in [6, 6.07) is 0.282. The van der Waals surface area contributed by atoms with Crippen LogP contribution in [-0.2, 0) is 0 Å². The Kier molecular flexibility index (Phi) is 4.11. The van der Waals surface area contributed by atoms with E-state index in [0.717, 1.165) is 23.6 Å². The first-order chi connectivity index (χ1) is 7.17. The van der Waals surface area contributed by atoms with Crippen LogP contribution in [0.1, 0.15) is 31.2 Å². The summed E-state index contributed by atoms with van der Waals surface area (Å²) < 4.78 is 0. The van der Waals surface area contributed by atoms with Crippen molar-refractivity contribution in [2.24, 2.45) is 0 Å². The highest BCUT2D eigenvalue weighted by Crippen LogP contribution is 2.12. The van der Waals surface area contributed by atoms with Crippen molar-refractivity contribution in [2.45, 2.75) is 39.7 Å². The maximum absolute atomic E-state index is 5.30. The van der Waals surface area contributed by atoms with Crippen LogP contribution < -0.4 is 5.32 Å². The number of hydrogen-bond donors (Lipinski definition) is 1. The lowest BCUT2D eigenvalue weighted by atomic mass is 10.1. The summed E-state index contributed by atoms with van der Waals surface area (Å²) in [5, 5.41) is 3.32. The molecule has 0 aromatic carbocycles. The molecule has 0 aliphatic rings. The van der Waals surface area contributed by atoms with Crippen LogP contribution in [0.5, 0.6) is 0 Å². The molecule has 3 nitrogen and oxygen atoms in total. The van der Waals surface area contributed by atoms with E-state index in [-0.39, 0.29) is 6.04 Å². The lowest BCUT2D eigenvalue weighted by Crippen LogP contribution is -2.19. The van der Waals surface area contributed by atoms with Gasteiger partial charge in [0.1, 0.15) is 5.82 Å². The van der Waals surface area contributed by atoms with E-state index in [1.807, 2.05) is 13.8 Å². The van der Waals surface area contributed by atoms with Gasteiger partial charge in [-0.1, -0.05) is 6.92 Å². The Bertz CT molecular complexity index is 366. The van der Waals surface area contributed by atoms with Crippen LogP contribution in [-0.4, -0.2) is 16.0 Å². The molecule has 15 heavy (non-hydrogen) atoms. The zero-order chi connectivity index (χ0) is 11.3. The number of nitrogens with zero attached hydrogens (tertiary/aromatic N) is 2. The van der Waals surface area contributed by atoms with Crippen molar-refractivity contribution >= 4 is 5.82 Å². The maximum Gasteiger partial charge on any atom is 0.147 e. The highest BCUT2D eigenvalue weighted by molar-refractivity contribution is 5.40. The SMILES string of the molecule is C#CCC(CC)Nc1nc(C)cnc1C. The highest BCUT2D eigenvalue weighted by Gasteiger charge is 2.08. The first kappa shape index (κ1) is 11.5. The Balaban J connectivity index is 2.78. The number of aryl methyl sites for hydroxylation is 2. The molecule has 1 atom stereocenters. The van der Waals surface area contributed by atoms with Gasteiger partial charge < -0.3 is 5.32 Å². The largest absolute Gasteiger partial charge is 0.365 e. The van der Waals surface area contributed by atoms with Crippen LogP contribution in [0.25, 0.3) is 0 Å². The quantitative estimate of drug-likeness (QED) is 0.763. The number of rotatable bonds is 4. The molecule has 3 heteroatoms. The van der Waals surface area contributed by atoms with E-state index in [0.29, 0.717) is 6.42 Å². The minimum absolute atomic E-state index is 0.282. The van der Waals surface area contributed by atoms with E-state index in [4.69, 9.17) is 6.42 Å². The van der Waals surface area contributed by atoms with Crippen molar-refractivity contribution in [3.63, 3.8) is 0 Å². The Hall–Kier alpha value is -1.56. The molecule has 0 radical (unpaired) electrons. The van der Waals surface area contributed by atoms with Gasteiger partial charge in [-0.05, 0) is 20.3 Å². The predicted molar refractivity (Wildman–Crippen MR) is 62.7 cm³/mol. The van der Waals surface area contributed by atoms with Crippen molar-refractivity contribution < 1.29 is 0 Å². The van der Waals surface area contributed by atoms with Crippen molar-refractivity contribution in [1.82, 2.24) is 9.97 Å². The molecule has 1 heterocycles. The number of terminal acetylenes is 1. The molecule has 1 aromatic rings. The van der Waals surface area contributed by atoms with E-state index in [9.17, 15) is 0 Å². The number of hydrogen-bond acceptors (Lipinski definition) is 3. The van der Waals surface area contributed by atoms with Gasteiger partial charge in [0, 0.05) is 18.7 Å². The third-order valence-electron chi connectivity index (χ3n) is 2.27. The molecule has 0 aliphatic heterocycles. The van der Waals surface area contributed by atoms with Crippen molar-refractivity contribution in [3.8, 4) is 12.3 Å². The molecule has 0 bridgehead atoms. The molecule has 0 saturated heterocycles. The van der Waals surface area contributed by atoms with Gasteiger partial charge in [-0.15, -0.1) is 12.3 Å². The summed E-state index contributed by atoms with van der Waals surface area (Å²) in [4.78, 5) is 8.65. The summed E-state index contributed by atoms with van der Waals surface area (Å²) in [7, 11) is 0. The minimum Gasteiger partial charge on any atom is -0.365 e. The first-order valence-electron chi connectivity index (χ1n) is 5.17. The van der Waals surface area contributed by atoms with E-state index in [2.05, 4.69) is 28.1 Å². The predicted octanol–water partition coefficient (Wildman–Crippen LogP) is 2.31. The standard InChI is InChI=1S/C12H17N3/c1-5-7-11(6-2)15-12-10(4)13-8-9(3)14-12/h1,8,11H,6-7H2,2-4H3,(H,14,15). The average Bonchev–Trinajstić information content (AvgIpc) is 2.22. The Morgan fingerprint density at radius 1 is 1.53 bits per heavy atom. The molecule has 1 aromatic heterocycles. The summed E-state index contributed by atoms with van der Waals surface area (Å²) >= 11 is 0. The van der Waals surface area contributed by atoms with Gasteiger partial charge in [-0.3, -0.25) is 4.98 Å². The van der Waals surface area contributed by atoms with E-state index >= 15 is 0 Å². The van der Waals surface area contributed by atoms with Crippen molar-refractivity contribution in [1.29, 1.82) is 0 Å². The lowest BCUT2D eigenvalue weighted by Gasteiger charge is -2.16. The topological polar surface area (TPSA) is 37.8 Å². The van der Waals surface area contributed by atoms with Crippen LogP contribution >= 0.6 is 0 Å². The Morgan fingerprint density at radius 3 is 2.87 bits per heavy atom. The molecular weight excluding hydrogens is 186 g/mol. The second-order valence-corrected chi connectivity index (χ2v) is 3.60. The Morgan fingerprint density at radius 2 is 2.27 bits per heavy atom. The third kappa shape index (κ3) is 3.25. The fourth-order valence-corrected chi connectivity index (χ4v) is 1.31. The highest BCUT2D eigenvalue weighted by atomic mass is 15.0. The van der Waals surface area contributed by atoms with Crippen LogP contribution in [0.15, 0.2) is 6.20 Å². The van der Waals surface area contributed by atoms with E-state index in [1.165, 1.54) is 0 Å². The van der Waals surface area contributed by atoms with Gasteiger partial charge in [0.15, 0.2) is 0 Å². The molecule has 0 amide bonds. The number of nitrogens with one attached hydrogen (secondary N) is 1. The second-order valence-electron chi connectivity index (χ2n) is 3.60. The smallest absolute Gasteiger partial charge is 0.147 e. The summed E-state index contributed by atoms with van der Waals surface area (Å²) in [5.41, 5.74) is 1.83. The molecule has 1 rings (SSSR count). The molecule has 0 spiro atoms. The summed E-state index contributed by atoms with van der Waals surface area (Å²) in [6.45, 7) is 5.98. The molecule has 1 unspecified atom stereocenters. The monoisotopic (exact) mass is 203 g/mol. The van der Waals surface area contributed by atoms with Gasteiger partial charge in [0.25, 0.3) is 0 Å². The fraction of sp³-hybridized carbons (Fsp3) is 0.500. The lowest BCUT2D eigenvalue weighted by molar-refractivity contribution is 0.708. The molecule has 0 saturated carbocycles. The van der Waals surface area contributed by atoms with Crippen LogP contribution in [0.3, 0.4) is 0 Å². The van der Waals surface area contributed by atoms with Crippen molar-refractivity contribution in [2.75, 3.05) is 5.32 Å². The second kappa shape index (κ2) is 5.35. The van der Waals surface area contributed by atoms with Gasteiger partial charge in [0.05, 0.1) is 11.4 Å². The zero-order valence-electron chi connectivity index (χ0n) is 9.54. The van der Waals surface area contributed by atoms with E-state index in [1.54, 1.807) is 6.20 Å². The van der Waals surface area contributed by atoms with Gasteiger partial charge in [-0.2, -0.15) is 0 Å². The number of anilines is 1. The molecule has 80 valence electrons.